The van der Waals surface area contributed by atoms with Gasteiger partial charge in [-0.05, 0) is 43.7 Å². The van der Waals surface area contributed by atoms with Crippen LogP contribution in [0, 0.1) is 0 Å². The standard InChI is InChI=1S/C24H28Cl2F3N3O4S/c1-4-5-12-30-23(34)16(2)31(14-19-20(25)10-7-11-21(19)26)22(33)15-32(37(3,35)36)18-9-6-8-17(13-18)24(27,28)29/h6-11,13,16H,4-5,12,14-15H2,1-3H3,(H,30,34)/t16-/m0/s1. The number of nitrogens with one attached hydrogen (secondary N) is 1. The second-order valence-corrected chi connectivity index (χ2v) is 11.1. The predicted octanol–water partition coefficient (Wildman–Crippen LogP) is 5.11. The number of unbranched alkanes of at least 4 members (excludes halogenated alkanes) is 1. The minimum absolute atomic E-state index is 0.224. The van der Waals surface area contributed by atoms with Crippen LogP contribution in [0.4, 0.5) is 18.9 Å². The zero-order chi connectivity index (χ0) is 28.0. The van der Waals surface area contributed by atoms with Crippen LogP contribution in [0.1, 0.15) is 37.8 Å². The van der Waals surface area contributed by atoms with E-state index in [2.05, 4.69) is 5.32 Å². The molecule has 1 atom stereocenters. The summed E-state index contributed by atoms with van der Waals surface area (Å²) in [6.45, 7) is 2.68. The highest BCUT2D eigenvalue weighted by Gasteiger charge is 2.34. The third-order valence-electron chi connectivity index (χ3n) is 5.53. The molecule has 0 aliphatic heterocycles. The Morgan fingerprint density at radius 3 is 2.22 bits per heavy atom. The topological polar surface area (TPSA) is 86.8 Å². The van der Waals surface area contributed by atoms with Gasteiger partial charge in [-0.3, -0.25) is 13.9 Å². The van der Waals surface area contributed by atoms with E-state index in [9.17, 15) is 31.2 Å². The summed E-state index contributed by atoms with van der Waals surface area (Å²) in [6, 6.07) is 7.25. The Morgan fingerprint density at radius 1 is 1.08 bits per heavy atom. The molecule has 0 saturated carbocycles. The summed E-state index contributed by atoms with van der Waals surface area (Å²) in [7, 11) is -4.20. The lowest BCUT2D eigenvalue weighted by Gasteiger charge is -2.32. The summed E-state index contributed by atoms with van der Waals surface area (Å²) >= 11 is 12.5. The Kier molecular flexibility index (Phi) is 10.7. The maximum Gasteiger partial charge on any atom is 0.416 e. The second kappa shape index (κ2) is 12.8. The van der Waals surface area contributed by atoms with Crippen LogP contribution in [0.3, 0.4) is 0 Å². The first-order valence-corrected chi connectivity index (χ1v) is 13.9. The number of rotatable bonds is 11. The number of sulfonamides is 1. The SMILES string of the molecule is CCCCNC(=O)[C@H](C)N(Cc1c(Cl)cccc1Cl)C(=O)CN(c1cccc(C(F)(F)F)c1)S(C)(=O)=O. The molecule has 37 heavy (non-hydrogen) atoms. The van der Waals surface area contributed by atoms with Crippen LogP contribution >= 0.6 is 23.2 Å². The largest absolute Gasteiger partial charge is 0.416 e. The lowest BCUT2D eigenvalue weighted by molar-refractivity contribution is -0.139. The fourth-order valence-corrected chi connectivity index (χ4v) is 4.78. The maximum atomic E-state index is 13.5. The monoisotopic (exact) mass is 581 g/mol. The van der Waals surface area contributed by atoms with Gasteiger partial charge >= 0.3 is 6.18 Å². The number of benzene rings is 2. The average Bonchev–Trinajstić information content (AvgIpc) is 2.80. The van der Waals surface area contributed by atoms with E-state index in [4.69, 9.17) is 23.2 Å². The molecular formula is C24H28Cl2F3N3O4S. The Hall–Kier alpha value is -2.50. The van der Waals surface area contributed by atoms with Crippen LogP contribution < -0.4 is 9.62 Å². The number of nitrogens with zero attached hydrogens (tertiary/aromatic N) is 2. The molecule has 0 unspecified atom stereocenters. The maximum absolute atomic E-state index is 13.5. The van der Waals surface area contributed by atoms with Gasteiger partial charge in [0.1, 0.15) is 12.6 Å². The lowest BCUT2D eigenvalue weighted by atomic mass is 10.1. The fourth-order valence-electron chi connectivity index (χ4n) is 3.42. The number of alkyl halides is 3. The van der Waals surface area contributed by atoms with E-state index in [1.165, 1.54) is 6.92 Å². The molecule has 2 aromatic carbocycles. The van der Waals surface area contributed by atoms with E-state index in [0.29, 0.717) is 28.9 Å². The first-order chi connectivity index (χ1) is 17.2. The summed E-state index contributed by atoms with van der Waals surface area (Å²) in [5.74, 6) is -1.33. The normalized spacial score (nSPS) is 12.6. The van der Waals surface area contributed by atoms with Gasteiger partial charge in [-0.1, -0.05) is 48.7 Å². The van der Waals surface area contributed by atoms with Crippen molar-refractivity contribution in [2.45, 2.75) is 45.5 Å². The number of halogens is 5. The van der Waals surface area contributed by atoms with E-state index in [-0.39, 0.29) is 22.3 Å². The Morgan fingerprint density at radius 2 is 1.68 bits per heavy atom. The number of hydrogen-bond acceptors (Lipinski definition) is 4. The molecule has 0 fully saturated rings. The molecule has 204 valence electrons. The number of carbonyl (C=O) groups is 2. The number of amides is 2. The number of carbonyl (C=O) groups excluding carboxylic acids is 2. The van der Waals surface area contributed by atoms with Crippen LogP contribution in [-0.4, -0.2) is 50.5 Å². The summed E-state index contributed by atoms with van der Waals surface area (Å²) < 4.78 is 65.4. The van der Waals surface area contributed by atoms with Crippen molar-refractivity contribution >= 4 is 50.7 Å². The molecule has 7 nitrogen and oxygen atoms in total. The molecule has 2 rings (SSSR count). The molecule has 0 aliphatic carbocycles. The van der Waals surface area contributed by atoms with Gasteiger partial charge in [-0.15, -0.1) is 0 Å². The van der Waals surface area contributed by atoms with Crippen molar-refractivity contribution in [3.8, 4) is 0 Å². The minimum atomic E-state index is -4.72. The molecule has 2 aromatic rings. The van der Waals surface area contributed by atoms with Gasteiger partial charge in [0.2, 0.25) is 21.8 Å². The molecule has 0 aliphatic rings. The smallest absolute Gasteiger partial charge is 0.354 e. The second-order valence-electron chi connectivity index (χ2n) is 8.36. The van der Waals surface area contributed by atoms with E-state index >= 15 is 0 Å². The van der Waals surface area contributed by atoms with Gasteiger partial charge in [-0.25, -0.2) is 8.42 Å². The summed E-state index contributed by atoms with van der Waals surface area (Å²) in [5.41, 5.74) is -1.09. The Balaban J connectivity index is 2.46. The molecule has 0 bridgehead atoms. The highest BCUT2D eigenvalue weighted by atomic mass is 35.5. The molecular weight excluding hydrogens is 554 g/mol. The van der Waals surface area contributed by atoms with Gasteiger partial charge in [0.05, 0.1) is 17.5 Å². The van der Waals surface area contributed by atoms with Crippen molar-refractivity contribution in [2.75, 3.05) is 23.7 Å². The predicted molar refractivity (Wildman–Crippen MR) is 138 cm³/mol. The molecule has 0 saturated heterocycles. The van der Waals surface area contributed by atoms with Gasteiger partial charge < -0.3 is 10.2 Å². The zero-order valence-electron chi connectivity index (χ0n) is 20.5. The molecule has 0 aromatic heterocycles. The lowest BCUT2D eigenvalue weighted by Crippen LogP contribution is -2.51. The van der Waals surface area contributed by atoms with Crippen molar-refractivity contribution in [3.63, 3.8) is 0 Å². The molecule has 2 amide bonds. The summed E-state index contributed by atoms with van der Waals surface area (Å²) in [6.07, 6.45) is -2.41. The van der Waals surface area contributed by atoms with Crippen LogP contribution in [0.5, 0.6) is 0 Å². The number of anilines is 1. The third-order valence-corrected chi connectivity index (χ3v) is 7.38. The molecule has 0 radical (unpaired) electrons. The third kappa shape index (κ3) is 8.51. The first-order valence-electron chi connectivity index (χ1n) is 11.3. The average molecular weight is 582 g/mol. The van der Waals surface area contributed by atoms with Gasteiger partial charge in [0.25, 0.3) is 0 Å². The quantitative estimate of drug-likeness (QED) is 0.373. The molecule has 1 N–H and O–H groups in total. The summed E-state index contributed by atoms with van der Waals surface area (Å²) in [4.78, 5) is 27.4. The molecule has 0 heterocycles. The zero-order valence-corrected chi connectivity index (χ0v) is 22.8. The van der Waals surface area contributed by atoms with Crippen molar-refractivity contribution < 1.29 is 31.2 Å². The van der Waals surface area contributed by atoms with E-state index in [1.807, 2.05) is 6.92 Å². The van der Waals surface area contributed by atoms with Crippen molar-refractivity contribution in [2.24, 2.45) is 0 Å². The van der Waals surface area contributed by atoms with Gasteiger partial charge in [-0.2, -0.15) is 13.2 Å². The van der Waals surface area contributed by atoms with Crippen molar-refractivity contribution in [3.05, 3.63) is 63.6 Å². The molecule has 0 spiro atoms. The molecule has 13 heteroatoms. The Bertz CT molecular complexity index is 1210. The highest BCUT2D eigenvalue weighted by molar-refractivity contribution is 7.92. The first kappa shape index (κ1) is 30.7. The van der Waals surface area contributed by atoms with Gasteiger partial charge in [0, 0.05) is 28.7 Å². The van der Waals surface area contributed by atoms with Crippen molar-refractivity contribution in [1.29, 1.82) is 0 Å². The van der Waals surface area contributed by atoms with Crippen LogP contribution in [0.25, 0.3) is 0 Å². The van der Waals surface area contributed by atoms with E-state index in [1.54, 1.807) is 18.2 Å². The van der Waals surface area contributed by atoms with Crippen LogP contribution in [0.2, 0.25) is 10.0 Å². The number of hydrogen-bond donors (Lipinski definition) is 1. The van der Waals surface area contributed by atoms with Crippen LogP contribution in [-0.2, 0) is 32.3 Å². The minimum Gasteiger partial charge on any atom is -0.354 e. The summed E-state index contributed by atoms with van der Waals surface area (Å²) in [5, 5.41) is 3.17. The van der Waals surface area contributed by atoms with Crippen molar-refractivity contribution in [1.82, 2.24) is 10.2 Å². The van der Waals surface area contributed by atoms with Gasteiger partial charge in [0.15, 0.2) is 0 Å². The van der Waals surface area contributed by atoms with Crippen LogP contribution in [0.15, 0.2) is 42.5 Å². The Labute approximate surface area is 224 Å². The fraction of sp³-hybridized carbons (Fsp3) is 0.417. The van der Waals surface area contributed by atoms with E-state index in [0.717, 1.165) is 35.8 Å². The highest BCUT2D eigenvalue weighted by Crippen LogP contribution is 2.32. The van der Waals surface area contributed by atoms with E-state index < -0.39 is 46.2 Å².